The maximum absolute atomic E-state index is 14.2. The Hall–Kier alpha value is -2.43. The number of hydrogen-bond acceptors (Lipinski definition) is 2. The average Bonchev–Trinajstić information content (AvgIpc) is 2.41. The van der Waals surface area contributed by atoms with Crippen LogP contribution in [0.2, 0.25) is 0 Å². The first-order valence-corrected chi connectivity index (χ1v) is 6.08. The Bertz CT molecular complexity index is 641. The Morgan fingerprint density at radius 2 is 1.85 bits per heavy atom. The number of benzene rings is 2. The van der Waals surface area contributed by atoms with Gasteiger partial charge in [-0.1, -0.05) is 24.3 Å². The summed E-state index contributed by atoms with van der Waals surface area (Å²) < 4.78 is 27.8. The zero-order chi connectivity index (χ0) is 14.7. The highest BCUT2D eigenvalue weighted by Gasteiger charge is 2.13. The van der Waals surface area contributed by atoms with E-state index in [1.807, 2.05) is 0 Å². The highest BCUT2D eigenvalue weighted by molar-refractivity contribution is 5.95. The molecule has 0 spiro atoms. The number of halogens is 2. The molecule has 20 heavy (non-hydrogen) atoms. The van der Waals surface area contributed by atoms with E-state index in [0.29, 0.717) is 11.3 Å². The van der Waals surface area contributed by atoms with E-state index < -0.39 is 5.82 Å². The Labute approximate surface area is 116 Å². The Morgan fingerprint density at radius 1 is 1.15 bits per heavy atom. The van der Waals surface area contributed by atoms with Gasteiger partial charge in [-0.2, -0.15) is 0 Å². The van der Waals surface area contributed by atoms with Gasteiger partial charge in [0.2, 0.25) is 0 Å². The number of amidine groups is 1. The molecule has 5 heteroatoms. The lowest BCUT2D eigenvalue weighted by Gasteiger charge is -2.20. The number of nitrogen functional groups attached to an aromatic ring is 1. The van der Waals surface area contributed by atoms with Gasteiger partial charge < -0.3 is 10.6 Å². The van der Waals surface area contributed by atoms with Crippen molar-refractivity contribution in [3.05, 3.63) is 65.2 Å². The minimum atomic E-state index is -0.539. The van der Waals surface area contributed by atoms with Crippen molar-refractivity contribution in [3.63, 3.8) is 0 Å². The monoisotopic (exact) mass is 275 g/mol. The van der Waals surface area contributed by atoms with E-state index in [4.69, 9.17) is 11.1 Å². The van der Waals surface area contributed by atoms with Crippen molar-refractivity contribution in [2.45, 2.75) is 6.54 Å². The van der Waals surface area contributed by atoms with E-state index in [1.165, 1.54) is 12.1 Å². The number of nitrogens with two attached hydrogens (primary N) is 1. The van der Waals surface area contributed by atoms with Crippen LogP contribution in [0.4, 0.5) is 14.5 Å². The number of para-hydroxylation sites is 1. The van der Waals surface area contributed by atoms with Gasteiger partial charge in [-0.3, -0.25) is 5.41 Å². The summed E-state index contributed by atoms with van der Waals surface area (Å²) in [6.45, 7) is 0.188. The maximum atomic E-state index is 14.2. The lowest BCUT2D eigenvalue weighted by molar-refractivity contribution is 0.599. The number of rotatable bonds is 4. The van der Waals surface area contributed by atoms with Gasteiger partial charge in [0.1, 0.15) is 17.5 Å². The third-order valence-electron chi connectivity index (χ3n) is 3.04. The molecule has 0 heterocycles. The third-order valence-corrected chi connectivity index (χ3v) is 3.04. The molecule has 0 saturated carbocycles. The molecule has 0 atom stereocenters. The lowest BCUT2D eigenvalue weighted by atomic mass is 10.1. The van der Waals surface area contributed by atoms with E-state index in [-0.39, 0.29) is 23.8 Å². The molecule has 0 bridgehead atoms. The summed E-state index contributed by atoms with van der Waals surface area (Å²) in [4.78, 5) is 1.61. The van der Waals surface area contributed by atoms with Gasteiger partial charge in [-0.05, 0) is 18.2 Å². The number of hydrogen-bond donors (Lipinski definition) is 2. The summed E-state index contributed by atoms with van der Waals surface area (Å²) in [5.74, 6) is -1.22. The van der Waals surface area contributed by atoms with Gasteiger partial charge in [-0.25, -0.2) is 8.78 Å². The standard InChI is InChI=1S/C15H15F2N3/c1-20(13-8-3-2-7-12(13)16)9-10-5-4-6-11(14(10)17)15(18)19/h2-8H,9H2,1H3,(H3,18,19). The molecule has 3 nitrogen and oxygen atoms in total. The van der Waals surface area contributed by atoms with Crippen LogP contribution < -0.4 is 10.6 Å². The summed E-state index contributed by atoms with van der Waals surface area (Å²) in [6, 6.07) is 11.0. The van der Waals surface area contributed by atoms with Crippen LogP contribution in [-0.4, -0.2) is 12.9 Å². The molecule has 3 N–H and O–H groups in total. The van der Waals surface area contributed by atoms with E-state index in [0.717, 1.165) is 0 Å². The van der Waals surface area contributed by atoms with Crippen LogP contribution in [0.25, 0.3) is 0 Å². The van der Waals surface area contributed by atoms with Crippen LogP contribution in [0.15, 0.2) is 42.5 Å². The fraction of sp³-hybridized carbons (Fsp3) is 0.133. The van der Waals surface area contributed by atoms with E-state index >= 15 is 0 Å². The predicted octanol–water partition coefficient (Wildman–Crippen LogP) is 2.89. The van der Waals surface area contributed by atoms with Crippen LogP contribution in [0.1, 0.15) is 11.1 Å². The largest absolute Gasteiger partial charge is 0.384 e. The molecule has 0 amide bonds. The van der Waals surface area contributed by atoms with E-state index in [1.54, 1.807) is 42.3 Å². The fourth-order valence-electron chi connectivity index (χ4n) is 2.01. The zero-order valence-electron chi connectivity index (χ0n) is 11.0. The summed E-state index contributed by atoms with van der Waals surface area (Å²) in [7, 11) is 1.68. The number of nitrogens with zero attached hydrogens (tertiary/aromatic N) is 1. The van der Waals surface area contributed by atoms with Gasteiger partial charge in [0, 0.05) is 19.2 Å². The highest BCUT2D eigenvalue weighted by Crippen LogP contribution is 2.21. The first-order chi connectivity index (χ1) is 9.50. The van der Waals surface area contributed by atoms with Crippen molar-refractivity contribution in [2.24, 2.45) is 5.73 Å². The molecule has 0 aromatic heterocycles. The molecule has 0 aliphatic carbocycles. The second-order valence-electron chi connectivity index (χ2n) is 4.50. The summed E-state index contributed by atoms with van der Waals surface area (Å²) in [6.07, 6.45) is 0. The predicted molar refractivity (Wildman–Crippen MR) is 75.9 cm³/mol. The fourth-order valence-corrected chi connectivity index (χ4v) is 2.01. The molecule has 2 aromatic rings. The molecular weight excluding hydrogens is 260 g/mol. The topological polar surface area (TPSA) is 53.1 Å². The van der Waals surface area contributed by atoms with E-state index in [9.17, 15) is 8.78 Å². The third kappa shape index (κ3) is 2.77. The van der Waals surface area contributed by atoms with Crippen LogP contribution in [-0.2, 0) is 6.54 Å². The number of anilines is 1. The number of nitrogens with one attached hydrogen (secondary N) is 1. The van der Waals surface area contributed by atoms with Gasteiger partial charge in [0.25, 0.3) is 0 Å². The van der Waals surface area contributed by atoms with Crippen LogP contribution in [0.5, 0.6) is 0 Å². The Balaban J connectivity index is 2.29. The Kier molecular flexibility index (Phi) is 3.98. The molecule has 0 aliphatic heterocycles. The van der Waals surface area contributed by atoms with Gasteiger partial charge in [0.05, 0.1) is 11.3 Å². The zero-order valence-corrected chi connectivity index (χ0v) is 11.0. The second kappa shape index (κ2) is 5.69. The SMILES string of the molecule is CN(Cc1cccc(C(=N)N)c1F)c1ccccc1F. The molecule has 0 saturated heterocycles. The molecule has 104 valence electrons. The van der Waals surface area contributed by atoms with Gasteiger partial charge >= 0.3 is 0 Å². The molecule has 0 aliphatic rings. The average molecular weight is 275 g/mol. The van der Waals surface area contributed by atoms with Gasteiger partial charge in [-0.15, -0.1) is 0 Å². The molecule has 0 unspecified atom stereocenters. The quantitative estimate of drug-likeness (QED) is 0.666. The normalized spacial score (nSPS) is 10.3. The molecule has 0 fully saturated rings. The van der Waals surface area contributed by atoms with E-state index in [2.05, 4.69) is 0 Å². The summed E-state index contributed by atoms with van der Waals surface area (Å²) >= 11 is 0. The van der Waals surface area contributed by atoms with Crippen molar-refractivity contribution in [1.29, 1.82) is 5.41 Å². The molecule has 0 radical (unpaired) electrons. The smallest absolute Gasteiger partial charge is 0.146 e. The van der Waals surface area contributed by atoms with Crippen LogP contribution in [0.3, 0.4) is 0 Å². The van der Waals surface area contributed by atoms with Crippen molar-refractivity contribution >= 4 is 11.5 Å². The maximum Gasteiger partial charge on any atom is 0.146 e. The first-order valence-electron chi connectivity index (χ1n) is 6.08. The molecular formula is C15H15F2N3. The Morgan fingerprint density at radius 3 is 2.50 bits per heavy atom. The second-order valence-corrected chi connectivity index (χ2v) is 4.50. The minimum Gasteiger partial charge on any atom is -0.384 e. The molecule has 2 rings (SSSR count). The summed E-state index contributed by atoms with van der Waals surface area (Å²) in [5.41, 5.74) is 6.13. The van der Waals surface area contributed by atoms with Crippen molar-refractivity contribution in [3.8, 4) is 0 Å². The minimum absolute atomic E-state index is 0.0597. The van der Waals surface area contributed by atoms with Crippen molar-refractivity contribution in [2.75, 3.05) is 11.9 Å². The van der Waals surface area contributed by atoms with Crippen molar-refractivity contribution in [1.82, 2.24) is 0 Å². The highest BCUT2D eigenvalue weighted by atomic mass is 19.1. The first kappa shape index (κ1) is 14.0. The van der Waals surface area contributed by atoms with Crippen molar-refractivity contribution < 1.29 is 8.78 Å². The molecule has 2 aromatic carbocycles. The van der Waals surface area contributed by atoms with Crippen LogP contribution in [0, 0.1) is 17.0 Å². The summed E-state index contributed by atoms with van der Waals surface area (Å²) in [5, 5.41) is 7.32. The van der Waals surface area contributed by atoms with Gasteiger partial charge in [0.15, 0.2) is 0 Å². The lowest BCUT2D eigenvalue weighted by Crippen LogP contribution is -2.20. The van der Waals surface area contributed by atoms with Crippen LogP contribution >= 0.6 is 0 Å².